The summed E-state index contributed by atoms with van der Waals surface area (Å²) in [5.41, 5.74) is 1.06. The lowest BCUT2D eigenvalue weighted by atomic mass is 9.78. The van der Waals surface area contributed by atoms with Gasteiger partial charge in [0.2, 0.25) is 0 Å². The van der Waals surface area contributed by atoms with Crippen LogP contribution in [0.2, 0.25) is 0 Å². The normalized spacial score (nSPS) is 26.8. The molecular formula is C16H25NO2. The van der Waals surface area contributed by atoms with Crippen molar-refractivity contribution in [3.8, 4) is 11.5 Å². The molecule has 0 aromatic heterocycles. The molecule has 0 saturated heterocycles. The first-order valence-electron chi connectivity index (χ1n) is 7.14. The minimum absolute atomic E-state index is 0.533. The van der Waals surface area contributed by atoms with Crippen LogP contribution in [0.1, 0.15) is 33.1 Å². The first-order chi connectivity index (χ1) is 9.15. The maximum atomic E-state index is 5.45. The molecule has 3 unspecified atom stereocenters. The van der Waals surface area contributed by atoms with Crippen molar-refractivity contribution in [1.29, 1.82) is 0 Å². The van der Waals surface area contributed by atoms with Gasteiger partial charge in [-0.05, 0) is 30.4 Å². The lowest BCUT2D eigenvalue weighted by Crippen LogP contribution is -2.35. The predicted molar refractivity (Wildman–Crippen MR) is 79.1 cm³/mol. The highest BCUT2D eigenvalue weighted by Crippen LogP contribution is 2.35. The van der Waals surface area contributed by atoms with Crippen molar-refractivity contribution < 1.29 is 9.47 Å². The molecule has 0 amide bonds. The van der Waals surface area contributed by atoms with Crippen LogP contribution in [-0.4, -0.2) is 20.3 Å². The van der Waals surface area contributed by atoms with Crippen molar-refractivity contribution in [3.05, 3.63) is 18.2 Å². The third-order valence-electron chi connectivity index (χ3n) is 4.46. The number of nitrogens with one attached hydrogen (secondary N) is 1. The number of hydrogen-bond acceptors (Lipinski definition) is 3. The lowest BCUT2D eigenvalue weighted by Gasteiger charge is -2.35. The fraction of sp³-hybridized carbons (Fsp3) is 0.625. The van der Waals surface area contributed by atoms with E-state index in [2.05, 4.69) is 19.2 Å². The van der Waals surface area contributed by atoms with Gasteiger partial charge in [0.1, 0.15) is 11.5 Å². The summed E-state index contributed by atoms with van der Waals surface area (Å²) >= 11 is 0. The molecule has 0 heterocycles. The molecule has 106 valence electrons. The Morgan fingerprint density at radius 3 is 2.58 bits per heavy atom. The topological polar surface area (TPSA) is 30.5 Å². The fourth-order valence-electron chi connectivity index (χ4n) is 2.90. The Morgan fingerprint density at radius 1 is 1.11 bits per heavy atom. The van der Waals surface area contributed by atoms with Crippen LogP contribution >= 0.6 is 0 Å². The number of methoxy groups -OCH3 is 2. The molecule has 0 radical (unpaired) electrons. The molecule has 1 aromatic carbocycles. The standard InChI is InChI=1S/C16H25NO2/c1-11-6-5-7-14(12(11)2)17-15-9-8-13(18-3)10-16(15)19-4/h8-12,14,17H,5-7H2,1-4H3. The van der Waals surface area contributed by atoms with E-state index in [1.165, 1.54) is 19.3 Å². The van der Waals surface area contributed by atoms with E-state index in [1.54, 1.807) is 14.2 Å². The van der Waals surface area contributed by atoms with Crippen molar-refractivity contribution in [1.82, 2.24) is 0 Å². The van der Waals surface area contributed by atoms with Gasteiger partial charge >= 0.3 is 0 Å². The van der Waals surface area contributed by atoms with Crippen LogP contribution in [0.4, 0.5) is 5.69 Å². The highest BCUT2D eigenvalue weighted by molar-refractivity contribution is 5.59. The van der Waals surface area contributed by atoms with Gasteiger partial charge in [-0.25, -0.2) is 0 Å². The monoisotopic (exact) mass is 263 g/mol. The predicted octanol–water partition coefficient (Wildman–Crippen LogP) is 3.94. The molecule has 1 N–H and O–H groups in total. The Bertz CT molecular complexity index is 419. The molecule has 0 aliphatic heterocycles. The molecule has 0 spiro atoms. The number of hydrogen-bond donors (Lipinski definition) is 1. The van der Waals surface area contributed by atoms with Crippen molar-refractivity contribution in [2.45, 2.75) is 39.2 Å². The lowest BCUT2D eigenvalue weighted by molar-refractivity contribution is 0.252. The third-order valence-corrected chi connectivity index (χ3v) is 4.46. The second kappa shape index (κ2) is 6.18. The van der Waals surface area contributed by atoms with Gasteiger partial charge in [-0.2, -0.15) is 0 Å². The van der Waals surface area contributed by atoms with E-state index in [9.17, 15) is 0 Å². The highest BCUT2D eigenvalue weighted by atomic mass is 16.5. The van der Waals surface area contributed by atoms with Gasteiger partial charge in [-0.15, -0.1) is 0 Å². The molecule has 3 nitrogen and oxygen atoms in total. The highest BCUT2D eigenvalue weighted by Gasteiger charge is 2.27. The molecule has 1 aliphatic carbocycles. The van der Waals surface area contributed by atoms with Crippen LogP contribution in [0, 0.1) is 11.8 Å². The molecule has 3 heteroatoms. The van der Waals surface area contributed by atoms with Gasteiger partial charge in [0.05, 0.1) is 19.9 Å². The average molecular weight is 263 g/mol. The van der Waals surface area contributed by atoms with Crippen molar-refractivity contribution in [3.63, 3.8) is 0 Å². The Kier molecular flexibility index (Phi) is 4.56. The SMILES string of the molecule is COc1ccc(NC2CCCC(C)C2C)c(OC)c1. The number of benzene rings is 1. The summed E-state index contributed by atoms with van der Waals surface area (Å²) < 4.78 is 10.7. The number of rotatable bonds is 4. The van der Waals surface area contributed by atoms with Gasteiger partial charge in [0.25, 0.3) is 0 Å². The molecule has 19 heavy (non-hydrogen) atoms. The maximum absolute atomic E-state index is 5.45. The van der Waals surface area contributed by atoms with Crippen LogP contribution in [0.25, 0.3) is 0 Å². The zero-order valence-corrected chi connectivity index (χ0v) is 12.4. The third kappa shape index (κ3) is 3.14. The average Bonchev–Trinajstić information content (AvgIpc) is 2.44. The maximum Gasteiger partial charge on any atom is 0.145 e. The smallest absolute Gasteiger partial charge is 0.145 e. The largest absolute Gasteiger partial charge is 0.497 e. The van der Waals surface area contributed by atoms with E-state index in [0.717, 1.165) is 23.1 Å². The Morgan fingerprint density at radius 2 is 1.89 bits per heavy atom. The summed E-state index contributed by atoms with van der Waals surface area (Å²) in [6.07, 6.45) is 3.89. The van der Waals surface area contributed by atoms with Gasteiger partial charge < -0.3 is 14.8 Å². The second-order valence-corrected chi connectivity index (χ2v) is 5.58. The van der Waals surface area contributed by atoms with E-state index in [4.69, 9.17) is 9.47 Å². The quantitative estimate of drug-likeness (QED) is 0.892. The van der Waals surface area contributed by atoms with E-state index < -0.39 is 0 Å². The van der Waals surface area contributed by atoms with Crippen LogP contribution in [0.3, 0.4) is 0 Å². The molecule has 1 aliphatic rings. The molecule has 3 atom stereocenters. The van der Waals surface area contributed by atoms with Crippen molar-refractivity contribution in [2.75, 3.05) is 19.5 Å². The van der Waals surface area contributed by atoms with E-state index in [0.29, 0.717) is 12.0 Å². The van der Waals surface area contributed by atoms with E-state index >= 15 is 0 Å². The minimum atomic E-state index is 0.533. The van der Waals surface area contributed by atoms with E-state index in [-0.39, 0.29) is 0 Å². The zero-order chi connectivity index (χ0) is 13.8. The molecule has 1 aromatic rings. The molecule has 1 fully saturated rings. The summed E-state index contributed by atoms with van der Waals surface area (Å²) in [6.45, 7) is 4.70. The summed E-state index contributed by atoms with van der Waals surface area (Å²) in [6, 6.07) is 6.48. The molecular weight excluding hydrogens is 238 g/mol. The summed E-state index contributed by atoms with van der Waals surface area (Å²) in [4.78, 5) is 0. The zero-order valence-electron chi connectivity index (χ0n) is 12.4. The van der Waals surface area contributed by atoms with Crippen LogP contribution < -0.4 is 14.8 Å². The van der Waals surface area contributed by atoms with Gasteiger partial charge in [-0.1, -0.05) is 26.7 Å². The molecule has 0 bridgehead atoms. The minimum Gasteiger partial charge on any atom is -0.497 e. The second-order valence-electron chi connectivity index (χ2n) is 5.58. The van der Waals surface area contributed by atoms with Crippen molar-refractivity contribution >= 4 is 5.69 Å². The first kappa shape index (κ1) is 14.0. The number of anilines is 1. The Labute approximate surface area is 116 Å². The molecule has 2 rings (SSSR count). The van der Waals surface area contributed by atoms with Gasteiger partial charge in [0.15, 0.2) is 0 Å². The summed E-state index contributed by atoms with van der Waals surface area (Å²) in [7, 11) is 3.37. The van der Waals surface area contributed by atoms with Crippen LogP contribution in [0.15, 0.2) is 18.2 Å². The van der Waals surface area contributed by atoms with Crippen LogP contribution in [-0.2, 0) is 0 Å². The summed E-state index contributed by atoms with van der Waals surface area (Å²) in [5.74, 6) is 3.16. The van der Waals surface area contributed by atoms with Crippen molar-refractivity contribution in [2.24, 2.45) is 11.8 Å². The van der Waals surface area contributed by atoms with Gasteiger partial charge in [0, 0.05) is 12.1 Å². The first-order valence-corrected chi connectivity index (χ1v) is 7.14. The van der Waals surface area contributed by atoms with Crippen LogP contribution in [0.5, 0.6) is 11.5 Å². The fourth-order valence-corrected chi connectivity index (χ4v) is 2.90. The Balaban J connectivity index is 2.13. The Hall–Kier alpha value is -1.38. The van der Waals surface area contributed by atoms with Gasteiger partial charge in [-0.3, -0.25) is 0 Å². The number of ether oxygens (including phenoxy) is 2. The molecule has 1 saturated carbocycles. The van der Waals surface area contributed by atoms with E-state index in [1.807, 2.05) is 18.2 Å². The summed E-state index contributed by atoms with van der Waals surface area (Å²) in [5, 5.41) is 3.65.